The molecule has 0 radical (unpaired) electrons. The van der Waals surface area contributed by atoms with Crippen molar-refractivity contribution in [2.45, 2.75) is 19.9 Å². The Morgan fingerprint density at radius 1 is 1.07 bits per heavy atom. The van der Waals surface area contributed by atoms with Crippen LogP contribution in [0.5, 0.6) is 0 Å². The Morgan fingerprint density at radius 2 is 1.79 bits per heavy atom. The number of aryl methyl sites for hydroxylation is 1. The molecule has 6 nitrogen and oxygen atoms in total. The normalized spacial score (nSPS) is 11.0. The van der Waals surface area contributed by atoms with E-state index in [9.17, 15) is 9.59 Å². The van der Waals surface area contributed by atoms with E-state index >= 15 is 0 Å². The maximum Gasteiger partial charge on any atom is 0.280 e. The van der Waals surface area contributed by atoms with Crippen LogP contribution in [0.1, 0.15) is 12.5 Å². The third kappa shape index (κ3) is 3.79. The summed E-state index contributed by atoms with van der Waals surface area (Å²) in [5, 5.41) is 3.88. The Balaban J connectivity index is 1.74. The fourth-order valence-electron chi connectivity index (χ4n) is 3.23. The van der Waals surface area contributed by atoms with E-state index in [4.69, 9.17) is 11.6 Å². The molecule has 1 N–H and O–H groups in total. The maximum absolute atomic E-state index is 13.0. The maximum atomic E-state index is 13.0. The largest absolute Gasteiger partial charge is 0.324 e. The Hall–Kier alpha value is -3.38. The fraction of sp³-hybridized carbons (Fsp3) is 0.136. The van der Waals surface area contributed by atoms with Crippen LogP contribution in [0.15, 0.2) is 71.7 Å². The molecule has 0 aliphatic rings. The van der Waals surface area contributed by atoms with Crippen LogP contribution in [0.2, 0.25) is 5.02 Å². The van der Waals surface area contributed by atoms with Crippen LogP contribution in [0.4, 0.5) is 5.69 Å². The number of hydrogen-bond acceptors (Lipinski definition) is 3. The molecule has 0 bridgehead atoms. The van der Waals surface area contributed by atoms with Crippen LogP contribution in [0.25, 0.3) is 16.7 Å². The fourth-order valence-corrected chi connectivity index (χ4v) is 3.36. The minimum atomic E-state index is -0.270. The first kappa shape index (κ1) is 19.0. The minimum absolute atomic E-state index is 0.0616. The Bertz CT molecular complexity index is 1220. The summed E-state index contributed by atoms with van der Waals surface area (Å²) in [5.74, 6) is -0.270. The van der Waals surface area contributed by atoms with E-state index in [-0.39, 0.29) is 18.0 Å². The summed E-state index contributed by atoms with van der Waals surface area (Å²) in [5.41, 5.74) is 2.73. The zero-order valence-corrected chi connectivity index (χ0v) is 16.6. The van der Waals surface area contributed by atoms with Crippen molar-refractivity contribution in [2.24, 2.45) is 0 Å². The van der Waals surface area contributed by atoms with Crippen LogP contribution >= 0.6 is 11.6 Å². The third-order valence-corrected chi connectivity index (χ3v) is 4.96. The zero-order valence-electron chi connectivity index (χ0n) is 15.8. The second-order valence-electron chi connectivity index (χ2n) is 6.62. The van der Waals surface area contributed by atoms with Gasteiger partial charge in [-0.3, -0.25) is 14.3 Å². The number of fused-ring (bicyclic) bond motifs is 1. The van der Waals surface area contributed by atoms with Gasteiger partial charge in [0.2, 0.25) is 5.91 Å². The van der Waals surface area contributed by atoms with Gasteiger partial charge in [-0.2, -0.15) is 0 Å². The second kappa shape index (κ2) is 7.93. The van der Waals surface area contributed by atoms with Gasteiger partial charge in [0.1, 0.15) is 6.54 Å². The van der Waals surface area contributed by atoms with Gasteiger partial charge in [-0.1, -0.05) is 30.7 Å². The van der Waals surface area contributed by atoms with Crippen molar-refractivity contribution in [3.8, 4) is 5.69 Å². The lowest BCUT2D eigenvalue weighted by molar-refractivity contribution is -0.116. The molecule has 0 atom stereocenters. The van der Waals surface area contributed by atoms with Crippen molar-refractivity contribution in [3.63, 3.8) is 0 Å². The number of amides is 1. The summed E-state index contributed by atoms with van der Waals surface area (Å²) in [6, 6.07) is 18.0. The average molecular weight is 407 g/mol. The summed E-state index contributed by atoms with van der Waals surface area (Å²) in [7, 11) is 0. The van der Waals surface area contributed by atoms with Crippen molar-refractivity contribution in [2.75, 3.05) is 5.32 Å². The second-order valence-corrected chi connectivity index (χ2v) is 7.06. The molecule has 0 saturated heterocycles. The molecule has 4 aromatic rings. The first-order valence-electron chi connectivity index (χ1n) is 9.28. The molecule has 2 aromatic heterocycles. The van der Waals surface area contributed by atoms with Gasteiger partial charge in [0.25, 0.3) is 5.56 Å². The van der Waals surface area contributed by atoms with Gasteiger partial charge < -0.3 is 5.32 Å². The smallest absolute Gasteiger partial charge is 0.280 e. The predicted molar refractivity (Wildman–Crippen MR) is 115 cm³/mol. The summed E-state index contributed by atoms with van der Waals surface area (Å²) >= 11 is 5.89. The highest BCUT2D eigenvalue weighted by Crippen LogP contribution is 2.16. The van der Waals surface area contributed by atoms with Gasteiger partial charge in [-0.05, 0) is 60.5 Å². The molecule has 0 spiro atoms. The van der Waals surface area contributed by atoms with Gasteiger partial charge in [-0.15, -0.1) is 0 Å². The number of nitrogens with zero attached hydrogens (tertiary/aromatic N) is 3. The lowest BCUT2D eigenvalue weighted by Crippen LogP contribution is -2.27. The molecule has 29 heavy (non-hydrogen) atoms. The number of pyridine rings is 1. The number of benzene rings is 2. The van der Waals surface area contributed by atoms with E-state index in [1.165, 1.54) is 10.2 Å². The number of nitrogens with one attached hydrogen (secondary N) is 1. The molecule has 0 aliphatic heterocycles. The van der Waals surface area contributed by atoms with E-state index in [0.29, 0.717) is 27.4 Å². The van der Waals surface area contributed by atoms with Crippen LogP contribution in [0.3, 0.4) is 0 Å². The topological polar surface area (TPSA) is 68.9 Å². The van der Waals surface area contributed by atoms with E-state index in [1.807, 2.05) is 24.3 Å². The zero-order chi connectivity index (χ0) is 20.4. The van der Waals surface area contributed by atoms with Crippen molar-refractivity contribution in [1.82, 2.24) is 14.3 Å². The molecule has 0 saturated carbocycles. The molecule has 2 aromatic carbocycles. The van der Waals surface area contributed by atoms with Gasteiger partial charge in [0.05, 0.1) is 11.1 Å². The van der Waals surface area contributed by atoms with E-state index in [2.05, 4.69) is 17.2 Å². The molecule has 1 amide bonds. The number of halogens is 1. The quantitative estimate of drug-likeness (QED) is 0.543. The van der Waals surface area contributed by atoms with E-state index in [0.717, 1.165) is 6.42 Å². The highest BCUT2D eigenvalue weighted by molar-refractivity contribution is 6.30. The summed E-state index contributed by atoms with van der Waals surface area (Å²) in [4.78, 5) is 30.1. The number of rotatable bonds is 5. The molecular weight excluding hydrogens is 388 g/mol. The predicted octanol–water partition coefficient (Wildman–Crippen LogP) is 4.04. The SMILES string of the molecule is CCc1ccc(-n2c(=O)c3cccnc3n2CC(=O)Nc2ccc(Cl)cc2)cc1. The molecule has 0 fully saturated rings. The monoisotopic (exact) mass is 406 g/mol. The Kier molecular flexibility index (Phi) is 5.18. The van der Waals surface area contributed by atoms with Crippen molar-refractivity contribution in [1.29, 1.82) is 0 Å². The van der Waals surface area contributed by atoms with Crippen molar-refractivity contribution in [3.05, 3.63) is 87.8 Å². The van der Waals surface area contributed by atoms with Gasteiger partial charge in [0, 0.05) is 16.9 Å². The highest BCUT2D eigenvalue weighted by atomic mass is 35.5. The lowest BCUT2D eigenvalue weighted by Gasteiger charge is -2.13. The molecule has 7 heteroatoms. The highest BCUT2D eigenvalue weighted by Gasteiger charge is 2.18. The molecule has 0 unspecified atom stereocenters. The lowest BCUT2D eigenvalue weighted by atomic mass is 10.1. The molecule has 0 aliphatic carbocycles. The van der Waals surface area contributed by atoms with Crippen LogP contribution in [-0.4, -0.2) is 20.3 Å². The summed E-state index contributed by atoms with van der Waals surface area (Å²) in [6.45, 7) is 2.01. The number of hydrogen-bond donors (Lipinski definition) is 1. The van der Waals surface area contributed by atoms with Crippen molar-refractivity contribution >= 4 is 34.2 Å². The standard InChI is InChI=1S/C22H19ClN4O2/c1-2-15-5-11-18(12-6-15)27-22(29)19-4-3-13-24-21(19)26(27)14-20(28)25-17-9-7-16(23)8-10-17/h3-13H,2,14H2,1H3,(H,25,28). The number of carbonyl (C=O) groups is 1. The van der Waals surface area contributed by atoms with E-state index < -0.39 is 0 Å². The number of anilines is 1. The molecule has 2 heterocycles. The summed E-state index contributed by atoms with van der Waals surface area (Å²) in [6.07, 6.45) is 2.52. The van der Waals surface area contributed by atoms with Crippen LogP contribution in [-0.2, 0) is 17.8 Å². The third-order valence-electron chi connectivity index (χ3n) is 4.71. The van der Waals surface area contributed by atoms with Crippen LogP contribution in [0, 0.1) is 0 Å². The Labute approximate surface area is 172 Å². The first-order chi connectivity index (χ1) is 14.1. The van der Waals surface area contributed by atoms with Gasteiger partial charge in [-0.25, -0.2) is 9.67 Å². The number of carbonyl (C=O) groups excluding carboxylic acids is 1. The molecule has 146 valence electrons. The molecular formula is C22H19ClN4O2. The number of aromatic nitrogens is 3. The van der Waals surface area contributed by atoms with E-state index in [1.54, 1.807) is 47.3 Å². The Morgan fingerprint density at radius 3 is 2.48 bits per heavy atom. The summed E-state index contributed by atoms with van der Waals surface area (Å²) < 4.78 is 3.10. The average Bonchev–Trinajstić information content (AvgIpc) is 3.02. The van der Waals surface area contributed by atoms with Gasteiger partial charge in [0.15, 0.2) is 5.65 Å². The first-order valence-corrected chi connectivity index (χ1v) is 9.66. The molecule has 4 rings (SSSR count). The van der Waals surface area contributed by atoms with Crippen molar-refractivity contribution < 1.29 is 4.79 Å². The van der Waals surface area contributed by atoms with Gasteiger partial charge >= 0.3 is 0 Å². The van der Waals surface area contributed by atoms with Crippen LogP contribution < -0.4 is 10.9 Å². The minimum Gasteiger partial charge on any atom is -0.324 e.